The molecule has 1 saturated heterocycles. The number of nitrogens with one attached hydrogen (secondary N) is 1. The van der Waals surface area contributed by atoms with Crippen molar-refractivity contribution in [2.24, 2.45) is 0 Å². The minimum absolute atomic E-state index is 0.437. The first kappa shape index (κ1) is 10.5. The van der Waals surface area contributed by atoms with Crippen LogP contribution in [0.15, 0.2) is 23.0 Å². The van der Waals surface area contributed by atoms with Crippen LogP contribution in [0.1, 0.15) is 11.6 Å². The zero-order chi connectivity index (χ0) is 9.80. The first-order valence-corrected chi connectivity index (χ1v) is 7.01. The monoisotopic (exact) mass is 229 g/mol. The second-order valence-corrected chi connectivity index (χ2v) is 5.80. The van der Waals surface area contributed by atoms with E-state index in [9.17, 15) is 0 Å². The summed E-state index contributed by atoms with van der Waals surface area (Å²) >= 11 is 4.12. The van der Waals surface area contributed by atoms with E-state index in [0.29, 0.717) is 11.3 Å². The molecule has 2 nitrogen and oxygen atoms in total. The Bertz CT molecular complexity index is 257. The van der Waals surface area contributed by atoms with Gasteiger partial charge in [0.05, 0.1) is 12.5 Å². The molecule has 78 valence electrons. The van der Waals surface area contributed by atoms with Gasteiger partial charge in [-0.3, -0.25) is 0 Å². The van der Waals surface area contributed by atoms with Crippen LogP contribution in [0.2, 0.25) is 0 Å². The highest BCUT2D eigenvalue weighted by Crippen LogP contribution is 2.33. The Labute approximate surface area is 93.2 Å². The summed E-state index contributed by atoms with van der Waals surface area (Å²) in [4.78, 5) is 0. The number of hydrogen-bond donors (Lipinski definition) is 1. The van der Waals surface area contributed by atoms with Crippen LogP contribution in [-0.2, 0) is 0 Å². The summed E-state index contributed by atoms with van der Waals surface area (Å²) in [5, 5.41) is 4.06. The van der Waals surface area contributed by atoms with Gasteiger partial charge >= 0.3 is 0 Å². The average Bonchev–Trinajstić information content (AvgIpc) is 2.74. The molecule has 1 aliphatic rings. The summed E-state index contributed by atoms with van der Waals surface area (Å²) in [5.41, 5.74) is 1.27. The van der Waals surface area contributed by atoms with Gasteiger partial charge in [-0.15, -0.1) is 0 Å². The van der Waals surface area contributed by atoms with Gasteiger partial charge in [-0.05, 0) is 13.1 Å². The maximum atomic E-state index is 5.13. The van der Waals surface area contributed by atoms with Gasteiger partial charge in [0.15, 0.2) is 0 Å². The van der Waals surface area contributed by atoms with Gasteiger partial charge in [-0.25, -0.2) is 0 Å². The second-order valence-electron chi connectivity index (χ2n) is 3.31. The van der Waals surface area contributed by atoms with Crippen molar-refractivity contribution in [3.63, 3.8) is 0 Å². The smallest absolute Gasteiger partial charge is 0.0950 e. The highest BCUT2D eigenvalue weighted by molar-refractivity contribution is 8.06. The molecule has 1 aliphatic heterocycles. The van der Waals surface area contributed by atoms with E-state index in [4.69, 9.17) is 4.42 Å². The Morgan fingerprint density at radius 3 is 3.07 bits per heavy atom. The second kappa shape index (κ2) is 5.14. The average molecular weight is 229 g/mol. The number of hydrogen-bond acceptors (Lipinski definition) is 4. The van der Waals surface area contributed by atoms with Crippen molar-refractivity contribution in [2.75, 3.05) is 24.3 Å². The van der Waals surface area contributed by atoms with Crippen LogP contribution >= 0.6 is 23.5 Å². The van der Waals surface area contributed by atoms with E-state index in [-0.39, 0.29) is 0 Å². The minimum atomic E-state index is 0.437. The van der Waals surface area contributed by atoms with E-state index in [0.717, 1.165) is 0 Å². The van der Waals surface area contributed by atoms with Crippen molar-refractivity contribution in [1.29, 1.82) is 0 Å². The van der Waals surface area contributed by atoms with Gasteiger partial charge in [-0.1, -0.05) is 0 Å². The third-order valence-corrected chi connectivity index (χ3v) is 5.29. The normalized spacial score (nSPS) is 24.8. The zero-order valence-corrected chi connectivity index (χ0v) is 9.87. The topological polar surface area (TPSA) is 25.2 Å². The molecule has 0 saturated carbocycles. The Morgan fingerprint density at radius 1 is 1.57 bits per heavy atom. The minimum Gasteiger partial charge on any atom is -0.472 e. The zero-order valence-electron chi connectivity index (χ0n) is 8.23. The molecule has 0 amide bonds. The molecule has 4 heteroatoms. The summed E-state index contributed by atoms with van der Waals surface area (Å²) in [6.45, 7) is 0. The Morgan fingerprint density at radius 2 is 2.50 bits per heavy atom. The molecule has 14 heavy (non-hydrogen) atoms. The molecular formula is C10H15NOS2. The predicted molar refractivity (Wildman–Crippen MR) is 64.1 cm³/mol. The Hall–Kier alpha value is -0.0600. The third kappa shape index (κ3) is 2.30. The first-order valence-electron chi connectivity index (χ1n) is 4.80. The molecule has 1 aromatic heterocycles. The molecule has 0 aromatic carbocycles. The molecule has 1 aromatic rings. The van der Waals surface area contributed by atoms with Gasteiger partial charge in [0, 0.05) is 34.1 Å². The molecule has 2 atom stereocenters. The highest BCUT2D eigenvalue weighted by Gasteiger charge is 2.25. The lowest BCUT2D eigenvalue weighted by Crippen LogP contribution is -2.31. The van der Waals surface area contributed by atoms with Crippen molar-refractivity contribution >= 4 is 23.5 Å². The summed E-state index contributed by atoms with van der Waals surface area (Å²) in [6, 6.07) is 2.49. The van der Waals surface area contributed by atoms with Gasteiger partial charge in [-0.2, -0.15) is 23.5 Å². The van der Waals surface area contributed by atoms with Crippen molar-refractivity contribution in [3.8, 4) is 0 Å². The molecule has 2 heterocycles. The molecule has 0 spiro atoms. The fourth-order valence-electron chi connectivity index (χ4n) is 1.72. The molecule has 0 aliphatic carbocycles. The van der Waals surface area contributed by atoms with Crippen LogP contribution in [0, 0.1) is 0 Å². The number of thioether (sulfide) groups is 2. The maximum absolute atomic E-state index is 5.13. The largest absolute Gasteiger partial charge is 0.472 e. The van der Waals surface area contributed by atoms with E-state index in [1.165, 1.54) is 22.8 Å². The van der Waals surface area contributed by atoms with Gasteiger partial charge in [0.2, 0.25) is 0 Å². The molecule has 0 radical (unpaired) electrons. The molecular weight excluding hydrogens is 214 g/mol. The van der Waals surface area contributed by atoms with Crippen molar-refractivity contribution < 1.29 is 4.42 Å². The SMILES string of the molecule is CNC(c1ccoc1)C1CSCCS1. The summed E-state index contributed by atoms with van der Waals surface area (Å²) in [5.74, 6) is 3.80. The van der Waals surface area contributed by atoms with Gasteiger partial charge in [0.1, 0.15) is 0 Å². The van der Waals surface area contributed by atoms with Gasteiger partial charge in [0.25, 0.3) is 0 Å². The standard InChI is InChI=1S/C10H15NOS2/c1-11-10(8-2-3-12-6-8)9-7-13-4-5-14-9/h2-3,6,9-11H,4-5,7H2,1H3. The fraction of sp³-hybridized carbons (Fsp3) is 0.600. The lowest BCUT2D eigenvalue weighted by atomic mass is 10.1. The molecule has 0 bridgehead atoms. The van der Waals surface area contributed by atoms with Gasteiger partial charge < -0.3 is 9.73 Å². The maximum Gasteiger partial charge on any atom is 0.0950 e. The Balaban J connectivity index is 2.04. The van der Waals surface area contributed by atoms with Crippen molar-refractivity contribution in [3.05, 3.63) is 24.2 Å². The van der Waals surface area contributed by atoms with E-state index >= 15 is 0 Å². The van der Waals surface area contributed by atoms with Crippen LogP contribution in [-0.4, -0.2) is 29.6 Å². The van der Waals surface area contributed by atoms with Crippen LogP contribution in [0.4, 0.5) is 0 Å². The highest BCUT2D eigenvalue weighted by atomic mass is 32.2. The molecule has 1 fully saturated rings. The van der Waals surface area contributed by atoms with E-state index in [1.54, 1.807) is 6.26 Å². The number of furan rings is 1. The lowest BCUT2D eigenvalue weighted by molar-refractivity contribution is 0.542. The number of rotatable bonds is 3. The lowest BCUT2D eigenvalue weighted by Gasteiger charge is -2.28. The van der Waals surface area contributed by atoms with E-state index < -0.39 is 0 Å². The van der Waals surface area contributed by atoms with Crippen LogP contribution in [0.3, 0.4) is 0 Å². The van der Waals surface area contributed by atoms with Crippen LogP contribution in [0.5, 0.6) is 0 Å². The molecule has 2 rings (SSSR count). The summed E-state index contributed by atoms with van der Waals surface area (Å²) in [7, 11) is 2.03. The summed E-state index contributed by atoms with van der Waals surface area (Å²) in [6.07, 6.45) is 3.60. The summed E-state index contributed by atoms with van der Waals surface area (Å²) < 4.78 is 5.13. The Kier molecular flexibility index (Phi) is 3.84. The fourth-order valence-corrected chi connectivity index (χ4v) is 4.63. The van der Waals surface area contributed by atoms with E-state index in [2.05, 4.69) is 34.9 Å². The van der Waals surface area contributed by atoms with Crippen LogP contribution < -0.4 is 5.32 Å². The van der Waals surface area contributed by atoms with Crippen molar-refractivity contribution in [1.82, 2.24) is 5.32 Å². The van der Waals surface area contributed by atoms with E-state index in [1.807, 2.05) is 13.3 Å². The van der Waals surface area contributed by atoms with Crippen LogP contribution in [0.25, 0.3) is 0 Å². The predicted octanol–water partition coefficient (Wildman–Crippen LogP) is 2.39. The third-order valence-electron chi connectivity index (χ3n) is 2.43. The quantitative estimate of drug-likeness (QED) is 0.860. The molecule has 1 N–H and O–H groups in total. The molecule has 2 unspecified atom stereocenters. The van der Waals surface area contributed by atoms with Crippen molar-refractivity contribution in [2.45, 2.75) is 11.3 Å². The first-order chi connectivity index (χ1) is 6.92.